The van der Waals surface area contributed by atoms with Crippen molar-refractivity contribution in [2.45, 2.75) is 70.9 Å². The molecule has 230 valence electrons. The van der Waals surface area contributed by atoms with Crippen LogP contribution in [-0.2, 0) is 4.79 Å². The van der Waals surface area contributed by atoms with Gasteiger partial charge in [-0.2, -0.15) is 13.2 Å². The second kappa shape index (κ2) is 12.9. The molecule has 0 radical (unpaired) electrons. The number of carbonyl (C=O) groups is 2. The zero-order valence-corrected chi connectivity index (χ0v) is 26.1. The molecule has 9 heteroatoms. The first-order chi connectivity index (χ1) is 19.7. The molecule has 0 bridgehead atoms. The first kappa shape index (κ1) is 32.2. The first-order valence-corrected chi connectivity index (χ1v) is 15.3. The molecular formula is C33H43ClF3N3O2. The van der Waals surface area contributed by atoms with Crippen LogP contribution in [-0.4, -0.2) is 68.1 Å². The standard InChI is InChI=1S/C33H43ClF3N3O2/c1-22(2)24-7-6-8-25(19-24)29(33(35,36)37)31(42)40-17-13-32(3,14-18-40)21-23-11-15-39(16-12-23)26-9-10-27(28(34)20-26)30(41)38(4)5/h6-10,19-20,22-23,29H,11-18,21H2,1-5H3. The Bertz CT molecular complexity index is 1260. The maximum Gasteiger partial charge on any atom is 0.404 e. The van der Waals surface area contributed by atoms with Crippen molar-refractivity contribution in [2.24, 2.45) is 11.3 Å². The van der Waals surface area contributed by atoms with E-state index in [0.717, 1.165) is 43.6 Å². The Hall–Kier alpha value is -2.74. The average molecular weight is 606 g/mol. The number of hydrogen-bond donors (Lipinski definition) is 0. The maximum atomic E-state index is 14.2. The molecule has 1 unspecified atom stereocenters. The van der Waals surface area contributed by atoms with Crippen molar-refractivity contribution in [3.8, 4) is 0 Å². The van der Waals surface area contributed by atoms with Gasteiger partial charge in [0.05, 0.1) is 10.6 Å². The molecule has 2 aliphatic heterocycles. The summed E-state index contributed by atoms with van der Waals surface area (Å²) in [6, 6.07) is 12.0. The lowest BCUT2D eigenvalue weighted by molar-refractivity contribution is -0.173. The Morgan fingerprint density at radius 2 is 1.62 bits per heavy atom. The van der Waals surface area contributed by atoms with Gasteiger partial charge in [-0.1, -0.05) is 56.6 Å². The highest BCUT2D eigenvalue weighted by atomic mass is 35.5. The predicted octanol–water partition coefficient (Wildman–Crippen LogP) is 7.75. The molecule has 2 aliphatic rings. The van der Waals surface area contributed by atoms with Gasteiger partial charge in [-0.15, -0.1) is 0 Å². The van der Waals surface area contributed by atoms with Gasteiger partial charge in [0.25, 0.3) is 5.91 Å². The van der Waals surface area contributed by atoms with Gasteiger partial charge < -0.3 is 14.7 Å². The van der Waals surface area contributed by atoms with Crippen molar-refractivity contribution in [3.63, 3.8) is 0 Å². The minimum Gasteiger partial charge on any atom is -0.371 e. The third-order valence-corrected chi connectivity index (χ3v) is 9.43. The number of halogens is 4. The number of benzene rings is 2. The molecule has 0 aromatic heterocycles. The number of amides is 2. The van der Waals surface area contributed by atoms with Crippen LogP contribution in [0.25, 0.3) is 0 Å². The lowest BCUT2D eigenvalue weighted by Gasteiger charge is -2.44. The molecule has 5 nitrogen and oxygen atoms in total. The van der Waals surface area contributed by atoms with Crippen molar-refractivity contribution in [3.05, 3.63) is 64.2 Å². The van der Waals surface area contributed by atoms with E-state index in [-0.39, 0.29) is 22.8 Å². The van der Waals surface area contributed by atoms with E-state index in [1.54, 1.807) is 26.2 Å². The number of anilines is 1. The molecule has 2 aromatic carbocycles. The quantitative estimate of drug-likeness (QED) is 0.324. The van der Waals surface area contributed by atoms with E-state index in [0.29, 0.717) is 42.4 Å². The summed E-state index contributed by atoms with van der Waals surface area (Å²) >= 11 is 6.43. The molecule has 2 amide bonds. The van der Waals surface area contributed by atoms with E-state index in [1.165, 1.54) is 21.9 Å². The third kappa shape index (κ3) is 7.42. The van der Waals surface area contributed by atoms with Crippen molar-refractivity contribution in [2.75, 3.05) is 45.2 Å². The highest BCUT2D eigenvalue weighted by Crippen LogP contribution is 2.43. The summed E-state index contributed by atoms with van der Waals surface area (Å²) in [5, 5.41) is 0.447. The van der Waals surface area contributed by atoms with E-state index in [1.807, 2.05) is 32.0 Å². The average Bonchev–Trinajstić information content (AvgIpc) is 2.92. The first-order valence-electron chi connectivity index (χ1n) is 14.9. The topological polar surface area (TPSA) is 43.9 Å². The van der Waals surface area contributed by atoms with Crippen LogP contribution in [0.4, 0.5) is 18.9 Å². The van der Waals surface area contributed by atoms with E-state index in [2.05, 4.69) is 11.8 Å². The van der Waals surface area contributed by atoms with Gasteiger partial charge in [0, 0.05) is 46.0 Å². The van der Waals surface area contributed by atoms with Gasteiger partial charge in [0.15, 0.2) is 5.92 Å². The van der Waals surface area contributed by atoms with Crippen LogP contribution < -0.4 is 4.90 Å². The number of hydrogen-bond acceptors (Lipinski definition) is 3. The molecule has 2 aromatic rings. The lowest BCUT2D eigenvalue weighted by atomic mass is 9.71. The molecule has 0 N–H and O–H groups in total. The van der Waals surface area contributed by atoms with Gasteiger partial charge >= 0.3 is 6.18 Å². The number of alkyl halides is 3. The monoisotopic (exact) mass is 605 g/mol. The maximum absolute atomic E-state index is 14.2. The van der Waals surface area contributed by atoms with Crippen LogP contribution in [0.5, 0.6) is 0 Å². The van der Waals surface area contributed by atoms with Gasteiger partial charge in [0.2, 0.25) is 5.91 Å². The summed E-state index contributed by atoms with van der Waals surface area (Å²) in [5.41, 5.74) is 2.31. The Balaban J connectivity index is 1.33. The fourth-order valence-electron chi connectivity index (χ4n) is 6.43. The smallest absolute Gasteiger partial charge is 0.371 e. The Kier molecular flexibility index (Phi) is 9.86. The fraction of sp³-hybridized carbons (Fsp3) is 0.576. The van der Waals surface area contributed by atoms with Gasteiger partial charge in [0.1, 0.15) is 0 Å². The van der Waals surface area contributed by atoms with Crippen LogP contribution in [0.15, 0.2) is 42.5 Å². The number of rotatable bonds is 7. The number of piperidine rings is 2. The second-order valence-electron chi connectivity index (χ2n) is 12.9. The fourth-order valence-corrected chi connectivity index (χ4v) is 6.69. The van der Waals surface area contributed by atoms with Gasteiger partial charge in [-0.25, -0.2) is 0 Å². The summed E-state index contributed by atoms with van der Waals surface area (Å²) in [6.07, 6.45) is -0.223. The van der Waals surface area contributed by atoms with Crippen molar-refractivity contribution in [1.29, 1.82) is 0 Å². The second-order valence-corrected chi connectivity index (χ2v) is 13.3. The molecule has 0 spiro atoms. The predicted molar refractivity (Wildman–Crippen MR) is 162 cm³/mol. The Morgan fingerprint density at radius 1 is 1.00 bits per heavy atom. The molecule has 2 heterocycles. The summed E-state index contributed by atoms with van der Waals surface area (Å²) in [5.74, 6) is -2.50. The summed E-state index contributed by atoms with van der Waals surface area (Å²) in [6.45, 7) is 8.54. The minimum absolute atomic E-state index is 0.00754. The van der Waals surface area contributed by atoms with Gasteiger partial charge in [-0.05, 0) is 78.7 Å². The molecule has 4 rings (SSSR count). The highest BCUT2D eigenvalue weighted by Gasteiger charge is 2.48. The normalized spacial score (nSPS) is 18.7. The van der Waals surface area contributed by atoms with E-state index in [4.69, 9.17) is 11.6 Å². The van der Waals surface area contributed by atoms with Crippen LogP contribution in [0.3, 0.4) is 0 Å². The lowest BCUT2D eigenvalue weighted by Crippen LogP contribution is -2.47. The van der Waals surface area contributed by atoms with E-state index < -0.39 is 18.0 Å². The molecule has 2 saturated heterocycles. The van der Waals surface area contributed by atoms with Crippen molar-refractivity contribution >= 4 is 29.1 Å². The van der Waals surface area contributed by atoms with Crippen LogP contribution >= 0.6 is 11.6 Å². The zero-order valence-electron chi connectivity index (χ0n) is 25.3. The number of nitrogens with zero attached hydrogens (tertiary/aromatic N) is 3. The third-order valence-electron chi connectivity index (χ3n) is 9.12. The van der Waals surface area contributed by atoms with Gasteiger partial charge in [-0.3, -0.25) is 9.59 Å². The molecule has 0 aliphatic carbocycles. The van der Waals surface area contributed by atoms with Crippen molar-refractivity contribution in [1.82, 2.24) is 9.80 Å². The molecule has 1 atom stereocenters. The molecule has 2 fully saturated rings. The highest BCUT2D eigenvalue weighted by molar-refractivity contribution is 6.34. The zero-order chi connectivity index (χ0) is 30.8. The summed E-state index contributed by atoms with van der Waals surface area (Å²) in [7, 11) is 3.40. The van der Waals surface area contributed by atoms with Crippen LogP contribution in [0, 0.1) is 11.3 Å². The van der Waals surface area contributed by atoms with Crippen LogP contribution in [0.2, 0.25) is 5.02 Å². The minimum atomic E-state index is -4.65. The van der Waals surface area contributed by atoms with E-state index >= 15 is 0 Å². The van der Waals surface area contributed by atoms with E-state index in [9.17, 15) is 22.8 Å². The SMILES string of the molecule is CC(C)c1cccc(C(C(=O)N2CCC(C)(CC3CCN(c4ccc(C(=O)N(C)C)c(Cl)c4)CC3)CC2)C(F)(F)F)c1. The molecular weight excluding hydrogens is 563 g/mol. The number of likely N-dealkylation sites (tertiary alicyclic amines) is 1. The Morgan fingerprint density at radius 3 is 2.17 bits per heavy atom. The Labute approximate surface area is 253 Å². The largest absolute Gasteiger partial charge is 0.404 e. The van der Waals surface area contributed by atoms with Crippen LogP contribution in [0.1, 0.15) is 86.2 Å². The molecule has 42 heavy (non-hydrogen) atoms. The number of carbonyl (C=O) groups excluding carboxylic acids is 2. The molecule has 0 saturated carbocycles. The summed E-state index contributed by atoms with van der Waals surface area (Å²) in [4.78, 5) is 30.8. The summed E-state index contributed by atoms with van der Waals surface area (Å²) < 4.78 is 42.6. The van der Waals surface area contributed by atoms with Crippen molar-refractivity contribution < 1.29 is 22.8 Å².